The largest absolute Gasteiger partial charge is 0.567 e. The molecule has 20 heavy (non-hydrogen) atoms. The van der Waals surface area contributed by atoms with Crippen LogP contribution in [0.4, 0.5) is 5.69 Å². The van der Waals surface area contributed by atoms with E-state index in [-0.39, 0.29) is 0 Å². The summed E-state index contributed by atoms with van der Waals surface area (Å²) in [5.74, 6) is 0.455. The second kappa shape index (κ2) is 4.63. The number of nitrogens with zero attached hydrogens (tertiary/aromatic N) is 3. The minimum Gasteiger partial charge on any atom is -0.567 e. The average Bonchev–Trinajstić information content (AvgIpc) is 2.90. The van der Waals surface area contributed by atoms with Gasteiger partial charge in [0.15, 0.2) is 0 Å². The van der Waals surface area contributed by atoms with Gasteiger partial charge in [0.05, 0.1) is 23.5 Å². The van der Waals surface area contributed by atoms with Gasteiger partial charge >= 0.3 is 8.05 Å². The maximum absolute atomic E-state index is 9.19. The van der Waals surface area contributed by atoms with E-state index in [0.717, 1.165) is 11.1 Å². The maximum atomic E-state index is 9.19. The molecule has 0 saturated heterocycles. The second-order valence-electron chi connectivity index (χ2n) is 4.29. The predicted octanol–water partition coefficient (Wildman–Crippen LogP) is 1.92. The molecule has 2 heterocycles. The molecular formula is C14H9BN4O. The van der Waals surface area contributed by atoms with Crippen molar-refractivity contribution in [3.63, 3.8) is 0 Å². The van der Waals surface area contributed by atoms with Gasteiger partial charge in [-0.05, 0) is 23.8 Å². The number of rotatable bonds is 2. The minimum absolute atomic E-state index is 0.455. The monoisotopic (exact) mass is 260 g/mol. The molecule has 94 valence electrons. The fraction of sp³-hybridized carbons (Fsp3) is 0. The lowest BCUT2D eigenvalue weighted by Crippen LogP contribution is -1.95. The fourth-order valence-corrected chi connectivity index (χ4v) is 2.13. The summed E-state index contributed by atoms with van der Waals surface area (Å²) in [4.78, 5) is 0. The molecule has 0 atom stereocenters. The summed E-state index contributed by atoms with van der Waals surface area (Å²) >= 11 is 0. The van der Waals surface area contributed by atoms with E-state index in [2.05, 4.69) is 11.2 Å². The van der Waals surface area contributed by atoms with E-state index in [4.69, 9.17) is 18.4 Å². The van der Waals surface area contributed by atoms with Crippen molar-refractivity contribution in [1.29, 1.82) is 5.26 Å². The van der Waals surface area contributed by atoms with Crippen molar-refractivity contribution in [1.82, 2.24) is 9.61 Å². The van der Waals surface area contributed by atoms with Crippen molar-refractivity contribution in [2.45, 2.75) is 0 Å². The number of benzene rings is 1. The molecule has 0 aliphatic rings. The third-order valence-corrected chi connectivity index (χ3v) is 3.06. The summed E-state index contributed by atoms with van der Waals surface area (Å²) in [6.07, 6.45) is 3.13. The van der Waals surface area contributed by atoms with Crippen LogP contribution in [0, 0.1) is 11.3 Å². The number of fused-ring (bicyclic) bond motifs is 1. The molecule has 3 rings (SSSR count). The van der Waals surface area contributed by atoms with E-state index >= 15 is 0 Å². The Morgan fingerprint density at radius 3 is 2.70 bits per heavy atom. The van der Waals surface area contributed by atoms with Gasteiger partial charge in [-0.1, -0.05) is 12.1 Å². The number of nitrogen functional groups attached to an aromatic ring is 1. The summed E-state index contributed by atoms with van der Waals surface area (Å²) < 4.78 is 6.36. The normalized spacial score (nSPS) is 10.3. The highest BCUT2D eigenvalue weighted by molar-refractivity contribution is 6.00. The molecule has 0 spiro atoms. The number of pyridine rings is 1. The Balaban J connectivity index is 2.34. The van der Waals surface area contributed by atoms with Crippen molar-refractivity contribution < 1.29 is 4.65 Å². The zero-order valence-corrected chi connectivity index (χ0v) is 10.4. The highest BCUT2D eigenvalue weighted by Gasteiger charge is 2.12. The Hall–Kier alpha value is -2.94. The van der Waals surface area contributed by atoms with Crippen LogP contribution in [0.25, 0.3) is 16.6 Å². The van der Waals surface area contributed by atoms with E-state index in [1.54, 1.807) is 28.9 Å². The molecule has 2 aromatic heterocycles. The molecular weight excluding hydrogens is 251 g/mol. The summed E-state index contributed by atoms with van der Waals surface area (Å²) in [7, 11) is 5.23. The molecule has 2 N–H and O–H groups in total. The number of anilines is 1. The van der Waals surface area contributed by atoms with E-state index in [9.17, 15) is 5.26 Å². The molecule has 0 aliphatic heterocycles. The van der Waals surface area contributed by atoms with Crippen LogP contribution in [-0.2, 0) is 0 Å². The first-order valence-electron chi connectivity index (χ1n) is 5.87. The molecule has 3 aromatic rings. The van der Waals surface area contributed by atoms with E-state index in [1.807, 2.05) is 12.1 Å². The zero-order chi connectivity index (χ0) is 14.1. The molecule has 1 aromatic carbocycles. The van der Waals surface area contributed by atoms with Crippen molar-refractivity contribution >= 4 is 19.3 Å². The number of hydrogen-bond acceptors (Lipinski definition) is 4. The van der Waals surface area contributed by atoms with Crippen molar-refractivity contribution in [2.75, 3.05) is 5.73 Å². The van der Waals surface area contributed by atoms with Crippen molar-refractivity contribution in [3.8, 4) is 22.9 Å². The third-order valence-electron chi connectivity index (χ3n) is 3.06. The van der Waals surface area contributed by atoms with Crippen LogP contribution in [0.1, 0.15) is 5.56 Å². The zero-order valence-electron chi connectivity index (χ0n) is 10.4. The Morgan fingerprint density at radius 2 is 2.05 bits per heavy atom. The lowest BCUT2D eigenvalue weighted by Gasteiger charge is -2.09. The average molecular weight is 260 g/mol. The predicted molar refractivity (Wildman–Crippen MR) is 76.1 cm³/mol. The van der Waals surface area contributed by atoms with Crippen LogP contribution < -0.4 is 10.4 Å². The molecule has 2 radical (unpaired) electrons. The molecule has 5 nitrogen and oxygen atoms in total. The first-order chi connectivity index (χ1) is 9.72. The smallest absolute Gasteiger partial charge is 0.374 e. The highest BCUT2D eigenvalue weighted by atomic mass is 16.4. The Morgan fingerprint density at radius 1 is 1.30 bits per heavy atom. The SMILES string of the molecule is [B]Oc1cc(-c2ccc(N)cc2)c2c(C#N)cnn2c1. The molecule has 0 unspecified atom stereocenters. The summed E-state index contributed by atoms with van der Waals surface area (Å²) in [5, 5.41) is 13.3. The topological polar surface area (TPSA) is 76.3 Å². The number of nitrogens with two attached hydrogens (primary N) is 1. The number of nitriles is 1. The van der Waals surface area contributed by atoms with Gasteiger partial charge in [-0.25, -0.2) is 4.52 Å². The van der Waals surface area contributed by atoms with Crippen molar-refractivity contribution in [2.24, 2.45) is 0 Å². The summed E-state index contributed by atoms with van der Waals surface area (Å²) in [6, 6.07) is 11.2. The maximum Gasteiger partial charge on any atom is 0.374 e. The fourth-order valence-electron chi connectivity index (χ4n) is 2.13. The highest BCUT2D eigenvalue weighted by Crippen LogP contribution is 2.30. The number of aromatic nitrogens is 2. The molecule has 0 amide bonds. The standard InChI is InChI=1S/C14H9BN4O/c15-20-12-5-13(9-1-3-11(17)4-2-9)14-10(6-16)7-18-19(14)8-12/h1-5,7-8H,17H2. The quantitative estimate of drug-likeness (QED) is 0.564. The minimum atomic E-state index is 0.455. The van der Waals surface area contributed by atoms with Gasteiger partial charge < -0.3 is 10.4 Å². The Labute approximate surface area is 116 Å². The summed E-state index contributed by atoms with van der Waals surface area (Å²) in [5.41, 5.74) is 9.27. The first kappa shape index (κ1) is 12.1. The van der Waals surface area contributed by atoms with Gasteiger partial charge in [0.25, 0.3) is 0 Å². The van der Waals surface area contributed by atoms with Crippen LogP contribution in [-0.4, -0.2) is 17.7 Å². The van der Waals surface area contributed by atoms with Crippen LogP contribution in [0.15, 0.2) is 42.7 Å². The molecule has 0 saturated carbocycles. The lowest BCUT2D eigenvalue weighted by atomic mass is 10.0. The molecule has 0 fully saturated rings. The third kappa shape index (κ3) is 1.86. The van der Waals surface area contributed by atoms with Crippen LogP contribution in [0.3, 0.4) is 0 Å². The van der Waals surface area contributed by atoms with Crippen LogP contribution in [0.2, 0.25) is 0 Å². The Kier molecular flexibility index (Phi) is 2.80. The molecule has 0 bridgehead atoms. The molecule has 6 heteroatoms. The van der Waals surface area contributed by atoms with E-state index in [0.29, 0.717) is 22.5 Å². The van der Waals surface area contributed by atoms with Crippen LogP contribution >= 0.6 is 0 Å². The Bertz CT molecular complexity index is 818. The van der Waals surface area contributed by atoms with E-state index < -0.39 is 0 Å². The first-order valence-corrected chi connectivity index (χ1v) is 5.87. The van der Waals surface area contributed by atoms with Gasteiger partial charge in [0.1, 0.15) is 11.8 Å². The number of hydrogen-bond donors (Lipinski definition) is 1. The van der Waals surface area contributed by atoms with Gasteiger partial charge in [-0.15, -0.1) is 0 Å². The lowest BCUT2D eigenvalue weighted by molar-refractivity contribution is 0.608. The van der Waals surface area contributed by atoms with E-state index in [1.165, 1.54) is 6.20 Å². The second-order valence-corrected chi connectivity index (χ2v) is 4.29. The summed E-state index contributed by atoms with van der Waals surface area (Å²) in [6.45, 7) is 0. The van der Waals surface area contributed by atoms with Crippen LogP contribution in [0.5, 0.6) is 5.75 Å². The van der Waals surface area contributed by atoms with Gasteiger partial charge in [-0.3, -0.25) is 0 Å². The van der Waals surface area contributed by atoms with Gasteiger partial charge in [0.2, 0.25) is 0 Å². The van der Waals surface area contributed by atoms with Gasteiger partial charge in [0, 0.05) is 11.3 Å². The van der Waals surface area contributed by atoms with Crippen molar-refractivity contribution in [3.05, 3.63) is 48.3 Å². The molecule has 0 aliphatic carbocycles. The van der Waals surface area contributed by atoms with Gasteiger partial charge in [-0.2, -0.15) is 10.4 Å².